The monoisotopic (exact) mass is 136 g/mol. The highest BCUT2D eigenvalue weighted by Crippen LogP contribution is 2.23. The molecule has 0 bridgehead atoms. The molecule has 1 fully saturated rings. The molecule has 8 heavy (non-hydrogen) atoms. The molecule has 0 aliphatic carbocycles. The molecule has 0 spiro atoms. The zero-order chi connectivity index (χ0) is 6.41. The van der Waals surface area contributed by atoms with Crippen LogP contribution in [0, 0.1) is 0 Å². The van der Waals surface area contributed by atoms with Gasteiger partial charge in [0.2, 0.25) is 0 Å². The highest BCUT2D eigenvalue weighted by atomic mass is 32.3. The lowest BCUT2D eigenvalue weighted by molar-refractivity contribution is 0.646. The first kappa shape index (κ1) is 6.19. The molecule has 0 aromatic carbocycles. The maximum absolute atomic E-state index is 11.1. The number of rotatable bonds is 0. The van der Waals surface area contributed by atoms with E-state index in [1.54, 1.807) is 0 Å². The fourth-order valence-electron chi connectivity index (χ4n) is 0.381. The Morgan fingerprint density at radius 1 is 1.25 bits per heavy atom. The third kappa shape index (κ3) is 0.788. The Bertz CT molecular complexity index is 141. The fraction of sp³-hybridized carbons (Fsp3) is 1.00. The average Bonchev–Trinajstić information content (AvgIpc) is 2.16. The van der Waals surface area contributed by atoms with E-state index in [4.69, 9.17) is 0 Å². The third-order valence-electron chi connectivity index (χ3n) is 1.26. The van der Waals surface area contributed by atoms with Gasteiger partial charge in [-0.25, -0.2) is 0 Å². The summed E-state index contributed by atoms with van der Waals surface area (Å²) in [6, 6.07) is 0. The highest BCUT2D eigenvalue weighted by molar-refractivity contribution is 8.05. The van der Waals surface area contributed by atoms with Gasteiger partial charge in [0.1, 0.15) is 0 Å². The average molecular weight is 136 g/mol. The molecule has 0 atom stereocenters. The van der Waals surface area contributed by atoms with E-state index in [-0.39, 0.29) is 4.75 Å². The molecule has 3 nitrogen and oxygen atoms in total. The number of nitrogens with one attached hydrogen (secondary N) is 2. The Morgan fingerprint density at radius 2 is 1.62 bits per heavy atom. The second-order valence-electron chi connectivity index (χ2n) is 3.00. The number of hydrazine groups is 1. The van der Waals surface area contributed by atoms with Crippen LogP contribution in [0.1, 0.15) is 20.8 Å². The van der Waals surface area contributed by atoms with Gasteiger partial charge in [-0.3, -0.25) is 4.21 Å². The Hall–Kier alpha value is 0.0700. The van der Waals surface area contributed by atoms with Gasteiger partial charge in [-0.15, -0.1) is 0 Å². The normalized spacial score (nSPS) is 29.4. The molecular weight excluding hydrogens is 124 g/mol. The summed E-state index contributed by atoms with van der Waals surface area (Å²) in [5.41, 5.74) is 0. The number of hydrogen-bond acceptors (Lipinski definition) is 1. The molecule has 1 saturated heterocycles. The van der Waals surface area contributed by atoms with Crippen LogP contribution < -0.4 is 9.66 Å². The van der Waals surface area contributed by atoms with E-state index in [0.717, 1.165) is 0 Å². The van der Waals surface area contributed by atoms with Crippen molar-refractivity contribution in [3.63, 3.8) is 0 Å². The summed E-state index contributed by atoms with van der Waals surface area (Å²) in [5, 5.41) is 0. The van der Waals surface area contributed by atoms with Crippen molar-refractivity contribution < 1.29 is 4.21 Å². The molecule has 1 heterocycles. The summed E-state index contributed by atoms with van der Waals surface area (Å²) >= 11 is 0. The smallest absolute Gasteiger partial charge is 0.0411 e. The summed E-state index contributed by atoms with van der Waals surface area (Å²) in [4.78, 5) is 5.31. The quantitative estimate of drug-likeness (QED) is 0.312. The van der Waals surface area contributed by atoms with E-state index in [0.29, 0.717) is 0 Å². The molecule has 4 heteroatoms. The van der Waals surface area contributed by atoms with Gasteiger partial charge in [0.05, 0.1) is 0 Å². The molecule has 1 aliphatic heterocycles. The minimum atomic E-state index is -2.10. The summed E-state index contributed by atoms with van der Waals surface area (Å²) in [6.07, 6.45) is 0. The van der Waals surface area contributed by atoms with Crippen molar-refractivity contribution in [1.29, 1.82) is 0 Å². The molecule has 1 aliphatic rings. The van der Waals surface area contributed by atoms with Gasteiger partial charge in [0, 0.05) is 15.1 Å². The van der Waals surface area contributed by atoms with Crippen LogP contribution in [0.25, 0.3) is 0 Å². The summed E-state index contributed by atoms with van der Waals surface area (Å²) in [7, 11) is -2.10. The van der Waals surface area contributed by atoms with Crippen LogP contribution in [0.3, 0.4) is 0 Å². The number of thiol groups is 1. The van der Waals surface area contributed by atoms with E-state index in [1.807, 2.05) is 20.8 Å². The van der Waals surface area contributed by atoms with Crippen molar-refractivity contribution in [2.75, 3.05) is 0 Å². The molecular formula is C4H12N2OS. The van der Waals surface area contributed by atoms with Gasteiger partial charge in [0.15, 0.2) is 0 Å². The molecule has 0 aromatic heterocycles. The third-order valence-corrected chi connectivity index (χ3v) is 3.78. The molecule has 2 N–H and O–H groups in total. The summed E-state index contributed by atoms with van der Waals surface area (Å²) in [6.45, 7) is 5.84. The van der Waals surface area contributed by atoms with Crippen LogP contribution in [0.15, 0.2) is 0 Å². The Balaban J connectivity index is 2.73. The van der Waals surface area contributed by atoms with Crippen molar-refractivity contribution >= 4 is 10.3 Å². The fourth-order valence-corrected chi connectivity index (χ4v) is 1.41. The maximum atomic E-state index is 11.1. The maximum Gasteiger partial charge on any atom is 0.0411 e. The van der Waals surface area contributed by atoms with Crippen LogP contribution in [-0.2, 0) is 10.3 Å². The van der Waals surface area contributed by atoms with E-state index in [9.17, 15) is 4.21 Å². The lowest BCUT2D eigenvalue weighted by Crippen LogP contribution is -2.27. The zero-order valence-electron chi connectivity index (χ0n) is 5.36. The molecule has 0 amide bonds. The van der Waals surface area contributed by atoms with Crippen LogP contribution in [0.4, 0.5) is 0 Å². The van der Waals surface area contributed by atoms with Crippen molar-refractivity contribution in [3.8, 4) is 0 Å². The van der Waals surface area contributed by atoms with Gasteiger partial charge in [0.25, 0.3) is 0 Å². The lowest BCUT2D eigenvalue weighted by Gasteiger charge is -2.17. The van der Waals surface area contributed by atoms with E-state index < -0.39 is 10.3 Å². The van der Waals surface area contributed by atoms with Gasteiger partial charge in [-0.05, 0) is 20.8 Å². The SMILES string of the molecule is CC(C)(C)[SH]1(=O)NN1. The molecule has 0 radical (unpaired) electrons. The van der Waals surface area contributed by atoms with Crippen LogP contribution in [-0.4, -0.2) is 8.96 Å². The molecule has 0 saturated carbocycles. The molecule has 0 aromatic rings. The predicted octanol–water partition coefficient (Wildman–Crippen LogP) is -0.261. The molecule has 1 rings (SSSR count). The largest absolute Gasteiger partial charge is 0.254 e. The van der Waals surface area contributed by atoms with Gasteiger partial charge < -0.3 is 0 Å². The highest BCUT2D eigenvalue weighted by Gasteiger charge is 2.39. The second kappa shape index (κ2) is 1.32. The van der Waals surface area contributed by atoms with Gasteiger partial charge >= 0.3 is 0 Å². The Labute approximate surface area is 50.5 Å². The standard InChI is InChI=1S/C4H12N2OS/c1-4(2,3)8(7)5-6-8/h8H,1-3H3,(H2,5,6,7). The second-order valence-corrected chi connectivity index (χ2v) is 6.01. The minimum Gasteiger partial charge on any atom is -0.254 e. The molecule has 50 valence electrons. The van der Waals surface area contributed by atoms with Gasteiger partial charge in [-0.1, -0.05) is 0 Å². The van der Waals surface area contributed by atoms with Crippen LogP contribution >= 0.6 is 0 Å². The first-order valence-corrected chi connectivity index (χ1v) is 4.31. The first-order chi connectivity index (χ1) is 3.46. The topological polar surface area (TPSA) is 61.0 Å². The van der Waals surface area contributed by atoms with Crippen molar-refractivity contribution in [2.24, 2.45) is 0 Å². The Morgan fingerprint density at radius 3 is 1.62 bits per heavy atom. The van der Waals surface area contributed by atoms with Gasteiger partial charge in [-0.2, -0.15) is 9.66 Å². The Kier molecular flexibility index (Phi) is 1.02. The van der Waals surface area contributed by atoms with Crippen molar-refractivity contribution in [1.82, 2.24) is 9.66 Å². The van der Waals surface area contributed by atoms with Crippen LogP contribution in [0.5, 0.6) is 0 Å². The first-order valence-electron chi connectivity index (χ1n) is 2.60. The zero-order valence-corrected chi connectivity index (χ0v) is 6.25. The number of hydrogen-bond donors (Lipinski definition) is 3. The summed E-state index contributed by atoms with van der Waals surface area (Å²) < 4.78 is 11.0. The van der Waals surface area contributed by atoms with Crippen molar-refractivity contribution in [3.05, 3.63) is 0 Å². The van der Waals surface area contributed by atoms with E-state index >= 15 is 0 Å². The van der Waals surface area contributed by atoms with E-state index in [1.165, 1.54) is 0 Å². The molecule has 0 unspecified atom stereocenters. The predicted molar refractivity (Wildman–Crippen MR) is 35.6 cm³/mol. The van der Waals surface area contributed by atoms with Crippen LogP contribution in [0.2, 0.25) is 0 Å². The lowest BCUT2D eigenvalue weighted by atomic mass is 10.3. The van der Waals surface area contributed by atoms with E-state index in [2.05, 4.69) is 9.66 Å². The summed E-state index contributed by atoms with van der Waals surface area (Å²) in [5.74, 6) is 0. The van der Waals surface area contributed by atoms with Crippen molar-refractivity contribution in [2.45, 2.75) is 25.5 Å². The minimum absolute atomic E-state index is 0.118.